The lowest BCUT2D eigenvalue weighted by molar-refractivity contribution is -0.143. The topological polar surface area (TPSA) is 114 Å². The van der Waals surface area contributed by atoms with Crippen molar-refractivity contribution in [3.63, 3.8) is 0 Å². The predicted octanol–water partition coefficient (Wildman–Crippen LogP) is 5.15. The van der Waals surface area contributed by atoms with Crippen LogP contribution in [0.1, 0.15) is 96.7 Å². The molecule has 0 saturated heterocycles. The number of hydrogen-bond donors (Lipinski definition) is 2. The molecular weight excluding hydrogens is 498 g/mol. The molecular formula is C30H47N3O6. The number of carbonyl (C=O) groups excluding carboxylic acids is 4. The Labute approximate surface area is 233 Å². The van der Waals surface area contributed by atoms with Crippen LogP contribution in [0.25, 0.3) is 6.08 Å². The minimum atomic E-state index is -0.962. The molecule has 1 unspecified atom stereocenters. The van der Waals surface area contributed by atoms with Crippen molar-refractivity contribution in [3.8, 4) is 0 Å². The number of alkyl carbamates (subject to hydrolysis) is 1. The first kappa shape index (κ1) is 33.7. The van der Waals surface area contributed by atoms with Crippen LogP contribution in [0.15, 0.2) is 30.8 Å². The average molecular weight is 546 g/mol. The van der Waals surface area contributed by atoms with Crippen LogP contribution in [0, 0.1) is 0 Å². The number of benzene rings is 1. The Bertz CT molecular complexity index is 941. The monoisotopic (exact) mass is 545 g/mol. The molecule has 0 radical (unpaired) electrons. The summed E-state index contributed by atoms with van der Waals surface area (Å²) in [4.78, 5) is 52.5. The van der Waals surface area contributed by atoms with Gasteiger partial charge < -0.3 is 25.0 Å². The quantitative estimate of drug-likeness (QED) is 0.207. The number of rotatable bonds is 17. The molecule has 0 spiro atoms. The van der Waals surface area contributed by atoms with Crippen molar-refractivity contribution in [1.29, 1.82) is 0 Å². The number of esters is 1. The van der Waals surface area contributed by atoms with E-state index in [9.17, 15) is 19.2 Å². The lowest BCUT2D eigenvalue weighted by Crippen LogP contribution is -2.48. The minimum absolute atomic E-state index is 0.0184. The van der Waals surface area contributed by atoms with E-state index < -0.39 is 35.5 Å². The van der Waals surface area contributed by atoms with Crippen molar-refractivity contribution >= 4 is 30.0 Å². The minimum Gasteiger partial charge on any atom is -0.466 e. The van der Waals surface area contributed by atoms with Gasteiger partial charge in [0.15, 0.2) is 0 Å². The Morgan fingerprint density at radius 3 is 2.36 bits per heavy atom. The summed E-state index contributed by atoms with van der Waals surface area (Å²) in [7, 11) is 0. The maximum absolute atomic E-state index is 13.5. The van der Waals surface area contributed by atoms with Gasteiger partial charge in [0.1, 0.15) is 18.2 Å². The second-order valence-corrected chi connectivity index (χ2v) is 10.3. The van der Waals surface area contributed by atoms with Crippen LogP contribution in [0.2, 0.25) is 0 Å². The summed E-state index contributed by atoms with van der Waals surface area (Å²) < 4.78 is 10.2. The smallest absolute Gasteiger partial charge is 0.408 e. The highest BCUT2D eigenvalue weighted by atomic mass is 16.6. The van der Waals surface area contributed by atoms with E-state index in [-0.39, 0.29) is 26.1 Å². The number of amides is 3. The number of unbranched alkanes of at least 4 members (excludes halogenated alkanes) is 5. The Hall–Kier alpha value is -3.36. The van der Waals surface area contributed by atoms with Gasteiger partial charge in [-0.1, -0.05) is 69.9 Å². The normalized spacial score (nSPS) is 11.7. The van der Waals surface area contributed by atoms with E-state index in [0.29, 0.717) is 18.5 Å². The van der Waals surface area contributed by atoms with Gasteiger partial charge in [0.25, 0.3) is 0 Å². The van der Waals surface area contributed by atoms with Gasteiger partial charge in [0, 0.05) is 13.1 Å². The molecule has 0 aromatic heterocycles. The highest BCUT2D eigenvalue weighted by molar-refractivity contribution is 5.90. The summed E-state index contributed by atoms with van der Waals surface area (Å²) in [5.41, 5.74) is 0.700. The molecule has 0 saturated carbocycles. The molecule has 0 aliphatic heterocycles. The summed E-state index contributed by atoms with van der Waals surface area (Å²) >= 11 is 0. The number of carbonyl (C=O) groups is 4. The zero-order valence-corrected chi connectivity index (χ0v) is 24.3. The predicted molar refractivity (Wildman–Crippen MR) is 153 cm³/mol. The molecule has 39 heavy (non-hydrogen) atoms. The fraction of sp³-hybridized carbons (Fsp3) is 0.600. The van der Waals surface area contributed by atoms with Gasteiger partial charge in [0.05, 0.1) is 13.0 Å². The van der Waals surface area contributed by atoms with Gasteiger partial charge in [0.2, 0.25) is 11.8 Å². The molecule has 2 N–H and O–H groups in total. The third-order valence-electron chi connectivity index (χ3n) is 5.81. The van der Waals surface area contributed by atoms with Crippen molar-refractivity contribution in [1.82, 2.24) is 15.5 Å². The van der Waals surface area contributed by atoms with Gasteiger partial charge in [-0.2, -0.15) is 0 Å². The number of nitrogens with zero attached hydrogens (tertiary/aromatic N) is 1. The number of ether oxygens (including phenoxy) is 2. The average Bonchev–Trinajstić information content (AvgIpc) is 2.87. The molecule has 218 valence electrons. The summed E-state index contributed by atoms with van der Waals surface area (Å²) in [5.74, 6) is -1.24. The Balaban J connectivity index is 3.19. The van der Waals surface area contributed by atoms with Gasteiger partial charge in [-0.25, -0.2) is 4.79 Å². The van der Waals surface area contributed by atoms with Crippen LogP contribution in [0.4, 0.5) is 4.79 Å². The summed E-state index contributed by atoms with van der Waals surface area (Å²) in [6.45, 7) is 13.2. The Morgan fingerprint density at radius 2 is 1.72 bits per heavy atom. The van der Waals surface area contributed by atoms with Crippen LogP contribution in [0.5, 0.6) is 0 Å². The largest absolute Gasteiger partial charge is 0.466 e. The first-order valence-electron chi connectivity index (χ1n) is 13.9. The zero-order chi connectivity index (χ0) is 29.3. The Morgan fingerprint density at radius 1 is 1.03 bits per heavy atom. The molecule has 1 atom stereocenters. The lowest BCUT2D eigenvalue weighted by atomic mass is 10.0. The van der Waals surface area contributed by atoms with E-state index in [4.69, 9.17) is 9.47 Å². The fourth-order valence-electron chi connectivity index (χ4n) is 3.97. The van der Waals surface area contributed by atoms with Crippen LogP contribution in [-0.4, -0.2) is 60.6 Å². The lowest BCUT2D eigenvalue weighted by Gasteiger charge is -2.32. The molecule has 0 aliphatic rings. The van der Waals surface area contributed by atoms with E-state index in [1.807, 2.05) is 12.1 Å². The van der Waals surface area contributed by atoms with Crippen molar-refractivity contribution in [2.24, 2.45) is 0 Å². The van der Waals surface area contributed by atoms with Crippen LogP contribution in [0.3, 0.4) is 0 Å². The fourth-order valence-corrected chi connectivity index (χ4v) is 3.97. The van der Waals surface area contributed by atoms with Crippen LogP contribution in [-0.2, 0) is 23.9 Å². The molecule has 0 aliphatic carbocycles. The zero-order valence-electron chi connectivity index (χ0n) is 24.3. The number of nitrogens with one attached hydrogen (secondary N) is 2. The van der Waals surface area contributed by atoms with Gasteiger partial charge in [-0.3, -0.25) is 14.4 Å². The molecule has 1 rings (SSSR count). The number of hydrogen-bond acceptors (Lipinski definition) is 6. The van der Waals surface area contributed by atoms with E-state index in [2.05, 4.69) is 24.1 Å². The molecule has 0 fully saturated rings. The van der Waals surface area contributed by atoms with Crippen LogP contribution < -0.4 is 10.6 Å². The first-order valence-corrected chi connectivity index (χ1v) is 13.9. The molecule has 9 heteroatoms. The van der Waals surface area contributed by atoms with Gasteiger partial charge in [-0.15, -0.1) is 0 Å². The van der Waals surface area contributed by atoms with Gasteiger partial charge in [-0.05, 0) is 51.3 Å². The van der Waals surface area contributed by atoms with Crippen molar-refractivity contribution < 1.29 is 28.7 Å². The molecule has 3 amide bonds. The molecule has 9 nitrogen and oxygen atoms in total. The van der Waals surface area contributed by atoms with E-state index in [0.717, 1.165) is 37.7 Å². The van der Waals surface area contributed by atoms with Crippen molar-refractivity contribution in [2.45, 2.75) is 91.2 Å². The molecule has 0 bridgehead atoms. The van der Waals surface area contributed by atoms with E-state index in [1.165, 1.54) is 4.90 Å². The summed E-state index contributed by atoms with van der Waals surface area (Å²) in [6, 6.07) is 6.29. The third-order valence-corrected chi connectivity index (χ3v) is 5.81. The van der Waals surface area contributed by atoms with Crippen molar-refractivity contribution in [2.75, 3.05) is 26.2 Å². The third kappa shape index (κ3) is 13.8. The van der Waals surface area contributed by atoms with E-state index >= 15 is 0 Å². The highest BCUT2D eigenvalue weighted by Crippen LogP contribution is 2.24. The highest BCUT2D eigenvalue weighted by Gasteiger charge is 2.31. The standard InChI is InChI=1S/C30H47N3O6/c1-7-10-11-12-13-14-20-33(25(34)22-32-29(37)39-30(4,5)6)27(24-17-15-16-23(8-2)21-24)28(36)31-19-18-26(35)38-9-3/h8,15-17,21,27H,2,7,9-14,18-20,22H2,1,3-6H3,(H,31,36)(H,32,37). The van der Waals surface area contributed by atoms with Crippen molar-refractivity contribution in [3.05, 3.63) is 42.0 Å². The second-order valence-electron chi connectivity index (χ2n) is 10.3. The maximum Gasteiger partial charge on any atom is 0.408 e. The maximum atomic E-state index is 13.5. The van der Waals surface area contributed by atoms with Crippen LogP contribution >= 0.6 is 0 Å². The summed E-state index contributed by atoms with van der Waals surface area (Å²) in [6.07, 6.45) is 7.03. The Kier molecular flexibility index (Phi) is 15.6. The molecule has 1 aromatic carbocycles. The second kappa shape index (κ2) is 18.0. The summed E-state index contributed by atoms with van der Waals surface area (Å²) in [5, 5.41) is 5.30. The first-order chi connectivity index (χ1) is 18.5. The SMILES string of the molecule is C=Cc1cccc(C(C(=O)NCCC(=O)OCC)N(CCCCCCCC)C(=O)CNC(=O)OC(C)(C)C)c1. The van der Waals surface area contributed by atoms with E-state index in [1.54, 1.807) is 45.9 Å². The molecule has 0 heterocycles. The van der Waals surface area contributed by atoms with Gasteiger partial charge >= 0.3 is 12.1 Å². The molecule has 1 aromatic rings.